The molecule has 36 heavy (non-hydrogen) atoms. The van der Waals surface area contributed by atoms with Crippen molar-refractivity contribution in [3.8, 4) is 5.75 Å². The maximum absolute atomic E-state index is 13.2. The van der Waals surface area contributed by atoms with Crippen molar-refractivity contribution in [2.24, 2.45) is 5.92 Å². The monoisotopic (exact) mass is 492 g/mol. The highest BCUT2D eigenvalue weighted by atomic mass is 16.5. The van der Waals surface area contributed by atoms with Crippen LogP contribution < -0.4 is 20.1 Å². The van der Waals surface area contributed by atoms with Crippen LogP contribution in [0.5, 0.6) is 5.75 Å². The third-order valence-electron chi connectivity index (χ3n) is 6.43. The number of carbonyl (C=O) groups is 3. The summed E-state index contributed by atoms with van der Waals surface area (Å²) in [7, 11) is 0. The molecule has 3 aromatic rings. The molecule has 1 aromatic heterocycles. The Morgan fingerprint density at radius 3 is 2.28 bits per heavy atom. The van der Waals surface area contributed by atoms with E-state index in [0.717, 1.165) is 12.0 Å². The number of urea groups is 1. The molecular formula is C26H28N4O6. The first-order valence-corrected chi connectivity index (χ1v) is 11.6. The molecule has 188 valence electrons. The molecule has 1 atom stereocenters. The Kier molecular flexibility index (Phi) is 7.35. The predicted molar refractivity (Wildman–Crippen MR) is 129 cm³/mol. The first-order chi connectivity index (χ1) is 17.3. The van der Waals surface area contributed by atoms with Gasteiger partial charge in [-0.3, -0.25) is 20.2 Å². The molecule has 1 aliphatic heterocycles. The van der Waals surface area contributed by atoms with E-state index in [1.54, 1.807) is 42.7 Å². The molecule has 0 bridgehead atoms. The van der Waals surface area contributed by atoms with Crippen LogP contribution >= 0.6 is 0 Å². The molecule has 0 saturated carbocycles. The largest absolute Gasteiger partial charge is 0.711 e. The molecule has 3 N–H and O–H groups in total. The molecule has 4 rings (SSSR count). The number of hydrogen-bond donors (Lipinski definition) is 3. The van der Waals surface area contributed by atoms with Gasteiger partial charge in [-0.2, -0.15) is 0 Å². The first-order valence-electron chi connectivity index (χ1n) is 11.6. The summed E-state index contributed by atoms with van der Waals surface area (Å²) in [6.45, 7) is 3.67. The lowest BCUT2D eigenvalue weighted by Gasteiger charge is -2.27. The highest BCUT2D eigenvalue weighted by Gasteiger charge is 2.47. The number of benzene rings is 2. The summed E-state index contributed by atoms with van der Waals surface area (Å²) in [5, 5.41) is 27.1. The predicted octanol–water partition coefficient (Wildman–Crippen LogP) is 1.47. The number of ether oxygens (including phenoxy) is 1. The number of hydrogen-bond acceptors (Lipinski definition) is 6. The van der Waals surface area contributed by atoms with Gasteiger partial charge in [0.25, 0.3) is 5.82 Å². The summed E-state index contributed by atoms with van der Waals surface area (Å²) < 4.78 is 8.14. The van der Waals surface area contributed by atoms with Gasteiger partial charge in [-0.25, -0.2) is 14.1 Å². The number of amides is 4. The third-order valence-corrected chi connectivity index (χ3v) is 6.43. The van der Waals surface area contributed by atoms with Crippen LogP contribution in [0.3, 0.4) is 0 Å². The van der Waals surface area contributed by atoms with Gasteiger partial charge in [-0.05, 0) is 23.3 Å². The van der Waals surface area contributed by atoms with Crippen LogP contribution in [-0.2, 0) is 22.6 Å². The van der Waals surface area contributed by atoms with E-state index in [1.165, 1.54) is 0 Å². The first kappa shape index (κ1) is 24.9. The molecule has 0 spiro atoms. The molecule has 2 heterocycles. The Labute approximate surface area is 208 Å². The molecule has 2 aromatic carbocycles. The highest BCUT2D eigenvalue weighted by Crippen LogP contribution is 2.34. The molecule has 1 saturated heterocycles. The summed E-state index contributed by atoms with van der Waals surface area (Å²) in [6, 6.07) is 15.8. The van der Waals surface area contributed by atoms with Gasteiger partial charge in [-0.1, -0.05) is 42.5 Å². The van der Waals surface area contributed by atoms with Crippen LogP contribution in [0.15, 0.2) is 54.6 Å². The van der Waals surface area contributed by atoms with Crippen molar-refractivity contribution in [3.63, 3.8) is 0 Å². The number of aliphatic hydroxyl groups is 1. The second-order valence-electron chi connectivity index (χ2n) is 8.61. The van der Waals surface area contributed by atoms with Crippen LogP contribution in [0.25, 0.3) is 0 Å². The van der Waals surface area contributed by atoms with E-state index in [1.807, 2.05) is 30.3 Å². The van der Waals surface area contributed by atoms with Gasteiger partial charge in [0.15, 0.2) is 0 Å². The molecule has 0 unspecified atom stereocenters. The summed E-state index contributed by atoms with van der Waals surface area (Å²) in [5.74, 6) is -3.28. The minimum Gasteiger partial charge on any atom is -0.711 e. The average molecular weight is 493 g/mol. The van der Waals surface area contributed by atoms with Crippen LogP contribution in [0.1, 0.15) is 34.3 Å². The fourth-order valence-corrected chi connectivity index (χ4v) is 4.50. The van der Waals surface area contributed by atoms with Gasteiger partial charge in [0.05, 0.1) is 13.2 Å². The van der Waals surface area contributed by atoms with Crippen molar-refractivity contribution in [2.45, 2.75) is 32.7 Å². The van der Waals surface area contributed by atoms with Gasteiger partial charge < -0.3 is 15.1 Å². The standard InChI is InChI=1S/C26H28N4O6/c1-16-17(2)30(35)25(29(16)13-14-31)21(22-23(32)27-26(34)28-24(22)33)19-8-10-20(11-9-19)36-15-12-18-6-4-3-5-7-18/h3-11,21-22,31H,12-15H2,1-2H3,(H2,27,28,32,33,34)/t21-/m0/s1. The quantitative estimate of drug-likeness (QED) is 0.235. The van der Waals surface area contributed by atoms with E-state index >= 15 is 0 Å². The number of nitrogens with one attached hydrogen (secondary N) is 2. The number of aliphatic hydroxyl groups excluding tert-OH is 1. The van der Waals surface area contributed by atoms with Gasteiger partial charge in [0.2, 0.25) is 11.8 Å². The minimum atomic E-state index is -1.38. The van der Waals surface area contributed by atoms with E-state index < -0.39 is 29.7 Å². The number of aromatic nitrogens is 2. The SMILES string of the molecule is Cc1c(C)[n+]([O-])c([C@@H](c2ccc(OCCc3ccccc3)cc2)C2C(=O)NC(=O)NC2=O)n1CCO. The van der Waals surface area contributed by atoms with Crippen molar-refractivity contribution >= 4 is 17.8 Å². The second kappa shape index (κ2) is 10.6. The Hall–Kier alpha value is -4.18. The third kappa shape index (κ3) is 4.94. The van der Waals surface area contributed by atoms with Crippen molar-refractivity contribution in [2.75, 3.05) is 13.2 Å². The molecule has 0 aliphatic carbocycles. The summed E-state index contributed by atoms with van der Waals surface area (Å²) in [5.41, 5.74) is 2.65. The van der Waals surface area contributed by atoms with Crippen LogP contribution in [-0.4, -0.2) is 40.7 Å². The van der Waals surface area contributed by atoms with Gasteiger partial charge in [0.1, 0.15) is 35.5 Å². The Morgan fingerprint density at radius 1 is 1.03 bits per heavy atom. The molecular weight excluding hydrogens is 464 g/mol. The lowest BCUT2D eigenvalue weighted by Crippen LogP contribution is -2.58. The summed E-state index contributed by atoms with van der Waals surface area (Å²) in [6.07, 6.45) is 0.727. The zero-order valence-corrected chi connectivity index (χ0v) is 20.1. The fraction of sp³-hybridized carbons (Fsp3) is 0.308. The normalized spacial score (nSPS) is 14.9. The molecule has 1 aliphatic rings. The van der Waals surface area contributed by atoms with Gasteiger partial charge in [0, 0.05) is 20.3 Å². The van der Waals surface area contributed by atoms with E-state index in [9.17, 15) is 24.7 Å². The van der Waals surface area contributed by atoms with E-state index in [2.05, 4.69) is 10.6 Å². The van der Waals surface area contributed by atoms with E-state index in [-0.39, 0.29) is 19.0 Å². The maximum Gasteiger partial charge on any atom is 0.328 e. The van der Waals surface area contributed by atoms with Crippen molar-refractivity contribution in [1.82, 2.24) is 15.2 Å². The topological polar surface area (TPSA) is 137 Å². The Morgan fingerprint density at radius 2 is 1.67 bits per heavy atom. The van der Waals surface area contributed by atoms with Crippen LogP contribution in [0.4, 0.5) is 4.79 Å². The smallest absolute Gasteiger partial charge is 0.328 e. The lowest BCUT2D eigenvalue weighted by atomic mass is 9.83. The van der Waals surface area contributed by atoms with Crippen molar-refractivity contribution < 1.29 is 29.0 Å². The number of imidazole rings is 1. The molecule has 1 fully saturated rings. The number of rotatable bonds is 9. The average Bonchev–Trinajstić information content (AvgIpc) is 3.06. The van der Waals surface area contributed by atoms with E-state index in [4.69, 9.17) is 4.74 Å². The lowest BCUT2D eigenvalue weighted by molar-refractivity contribution is -0.621. The number of carbonyl (C=O) groups excluding carboxylic acids is 3. The number of barbiturate groups is 1. The number of nitrogens with zero attached hydrogens (tertiary/aromatic N) is 2. The molecule has 0 radical (unpaired) electrons. The molecule has 4 amide bonds. The maximum atomic E-state index is 13.2. The second-order valence-corrected chi connectivity index (χ2v) is 8.61. The zero-order valence-electron chi connectivity index (χ0n) is 20.1. The van der Waals surface area contributed by atoms with Gasteiger partial charge in [-0.15, -0.1) is 0 Å². The summed E-state index contributed by atoms with van der Waals surface area (Å²) >= 11 is 0. The van der Waals surface area contributed by atoms with Gasteiger partial charge >= 0.3 is 6.03 Å². The van der Waals surface area contributed by atoms with Crippen molar-refractivity contribution in [1.29, 1.82) is 0 Å². The Balaban J connectivity index is 1.68. The zero-order chi connectivity index (χ0) is 25.8. The minimum absolute atomic E-state index is 0.101. The van der Waals surface area contributed by atoms with Crippen LogP contribution in [0.2, 0.25) is 0 Å². The van der Waals surface area contributed by atoms with Crippen LogP contribution in [0, 0.1) is 25.0 Å². The van der Waals surface area contributed by atoms with Crippen molar-refractivity contribution in [3.05, 3.63) is 88.1 Å². The fourth-order valence-electron chi connectivity index (χ4n) is 4.50. The molecule has 10 heteroatoms. The highest BCUT2D eigenvalue weighted by molar-refractivity contribution is 6.16. The van der Waals surface area contributed by atoms with E-state index in [0.29, 0.717) is 34.0 Å². The number of imide groups is 2. The summed E-state index contributed by atoms with van der Waals surface area (Å²) in [4.78, 5) is 37.3. The Bertz CT molecular complexity index is 1250. The molecule has 10 nitrogen and oxygen atoms in total.